The molecule has 5 rings (SSSR count). The SMILES string of the molecule is CC(C)c1cccc(C(C)C)c1-c1ccccc1Nc1ccc2c(c1)Cc1cc(Br)ccc1-2. The summed E-state index contributed by atoms with van der Waals surface area (Å²) in [7, 11) is 0. The molecule has 2 heteroatoms. The smallest absolute Gasteiger partial charge is 0.0464 e. The van der Waals surface area contributed by atoms with Crippen LogP contribution < -0.4 is 5.32 Å². The number of para-hydroxylation sites is 1. The molecule has 0 amide bonds. The van der Waals surface area contributed by atoms with Crippen molar-refractivity contribution in [2.75, 3.05) is 5.32 Å². The van der Waals surface area contributed by atoms with Crippen LogP contribution in [0.4, 0.5) is 11.4 Å². The first-order valence-electron chi connectivity index (χ1n) is 11.8. The predicted molar refractivity (Wildman–Crippen MR) is 146 cm³/mol. The maximum Gasteiger partial charge on any atom is 0.0464 e. The minimum absolute atomic E-state index is 0.463. The summed E-state index contributed by atoms with van der Waals surface area (Å²) in [4.78, 5) is 0. The van der Waals surface area contributed by atoms with Gasteiger partial charge in [-0.3, -0.25) is 0 Å². The quantitative estimate of drug-likeness (QED) is 0.255. The Morgan fingerprint density at radius 2 is 1.30 bits per heavy atom. The minimum atomic E-state index is 0.463. The van der Waals surface area contributed by atoms with Gasteiger partial charge in [-0.05, 0) is 87.5 Å². The summed E-state index contributed by atoms with van der Waals surface area (Å²) in [6.07, 6.45) is 0.981. The molecule has 0 saturated carbocycles. The molecule has 4 aromatic rings. The largest absolute Gasteiger partial charge is 0.355 e. The van der Waals surface area contributed by atoms with Crippen LogP contribution in [0.3, 0.4) is 0 Å². The Morgan fingerprint density at radius 3 is 2.00 bits per heavy atom. The number of hydrogen-bond donors (Lipinski definition) is 1. The van der Waals surface area contributed by atoms with Crippen molar-refractivity contribution in [3.8, 4) is 22.3 Å². The van der Waals surface area contributed by atoms with Crippen molar-refractivity contribution in [1.82, 2.24) is 0 Å². The zero-order chi connectivity index (χ0) is 23.1. The first-order chi connectivity index (χ1) is 15.9. The first-order valence-corrected chi connectivity index (χ1v) is 12.6. The van der Waals surface area contributed by atoms with E-state index in [0.717, 1.165) is 22.3 Å². The van der Waals surface area contributed by atoms with E-state index in [4.69, 9.17) is 0 Å². The zero-order valence-electron chi connectivity index (χ0n) is 19.7. The van der Waals surface area contributed by atoms with E-state index in [1.807, 2.05) is 0 Å². The van der Waals surface area contributed by atoms with Gasteiger partial charge >= 0.3 is 0 Å². The van der Waals surface area contributed by atoms with Gasteiger partial charge in [-0.15, -0.1) is 0 Å². The summed E-state index contributed by atoms with van der Waals surface area (Å²) in [5.41, 5.74) is 13.3. The Labute approximate surface area is 206 Å². The highest BCUT2D eigenvalue weighted by Crippen LogP contribution is 2.42. The lowest BCUT2D eigenvalue weighted by Crippen LogP contribution is -2.02. The summed E-state index contributed by atoms with van der Waals surface area (Å²) in [6.45, 7) is 9.15. The van der Waals surface area contributed by atoms with E-state index in [1.165, 1.54) is 44.5 Å². The molecule has 33 heavy (non-hydrogen) atoms. The third-order valence-electron chi connectivity index (χ3n) is 6.69. The Bertz CT molecular complexity index is 1310. The molecule has 0 aliphatic heterocycles. The van der Waals surface area contributed by atoms with E-state index in [1.54, 1.807) is 0 Å². The molecular weight excluding hydrogens is 466 g/mol. The molecule has 1 aliphatic carbocycles. The van der Waals surface area contributed by atoms with E-state index in [9.17, 15) is 0 Å². The van der Waals surface area contributed by atoms with Crippen LogP contribution in [0, 0.1) is 0 Å². The Hall–Kier alpha value is -2.84. The molecule has 0 heterocycles. The van der Waals surface area contributed by atoms with E-state index in [0.29, 0.717) is 11.8 Å². The number of nitrogens with one attached hydrogen (secondary N) is 1. The molecule has 0 spiro atoms. The molecule has 0 aromatic heterocycles. The van der Waals surface area contributed by atoms with Gasteiger partial charge in [-0.1, -0.05) is 92.2 Å². The zero-order valence-corrected chi connectivity index (χ0v) is 21.3. The second-order valence-electron chi connectivity index (χ2n) is 9.64. The van der Waals surface area contributed by atoms with Crippen molar-refractivity contribution in [2.24, 2.45) is 0 Å². The second-order valence-corrected chi connectivity index (χ2v) is 10.6. The molecule has 1 aliphatic rings. The summed E-state index contributed by atoms with van der Waals surface area (Å²) < 4.78 is 1.14. The van der Waals surface area contributed by atoms with Gasteiger partial charge in [-0.2, -0.15) is 0 Å². The van der Waals surface area contributed by atoms with Gasteiger partial charge in [0, 0.05) is 21.4 Å². The van der Waals surface area contributed by atoms with Crippen LogP contribution in [-0.4, -0.2) is 0 Å². The molecule has 1 nitrogen and oxygen atoms in total. The third-order valence-corrected chi connectivity index (χ3v) is 7.19. The maximum atomic E-state index is 3.76. The fraction of sp³-hybridized carbons (Fsp3) is 0.226. The molecule has 0 unspecified atom stereocenters. The summed E-state index contributed by atoms with van der Waals surface area (Å²) in [5.74, 6) is 0.925. The van der Waals surface area contributed by atoms with E-state index >= 15 is 0 Å². The van der Waals surface area contributed by atoms with Crippen LogP contribution in [0.5, 0.6) is 0 Å². The van der Waals surface area contributed by atoms with E-state index < -0.39 is 0 Å². The summed E-state index contributed by atoms with van der Waals surface area (Å²) >= 11 is 3.62. The van der Waals surface area contributed by atoms with Crippen molar-refractivity contribution < 1.29 is 0 Å². The number of fused-ring (bicyclic) bond motifs is 3. The standard InChI is InChI=1S/C31H30BrN/c1-19(2)25-9-7-10-26(20(3)4)31(25)29-8-5-6-11-30(29)33-24-13-15-28-22(18-24)16-21-17-23(32)12-14-27(21)28/h5-15,17-20,33H,16H2,1-4H3. The van der Waals surface area contributed by atoms with Gasteiger partial charge in [0.15, 0.2) is 0 Å². The first kappa shape index (κ1) is 22.0. The fourth-order valence-electron chi connectivity index (χ4n) is 5.08. The van der Waals surface area contributed by atoms with Crippen molar-refractivity contribution in [3.63, 3.8) is 0 Å². The van der Waals surface area contributed by atoms with Crippen molar-refractivity contribution in [2.45, 2.75) is 46.0 Å². The lowest BCUT2D eigenvalue weighted by Gasteiger charge is -2.22. The number of halogens is 1. The number of rotatable bonds is 5. The molecule has 0 bridgehead atoms. The molecular formula is C31H30BrN. The number of hydrogen-bond acceptors (Lipinski definition) is 1. The monoisotopic (exact) mass is 495 g/mol. The van der Waals surface area contributed by atoms with Crippen molar-refractivity contribution in [3.05, 3.63) is 106 Å². The highest BCUT2D eigenvalue weighted by molar-refractivity contribution is 9.10. The van der Waals surface area contributed by atoms with Gasteiger partial charge in [0.1, 0.15) is 0 Å². The van der Waals surface area contributed by atoms with Gasteiger partial charge < -0.3 is 5.32 Å². The number of benzene rings is 4. The molecule has 0 atom stereocenters. The van der Waals surface area contributed by atoms with Crippen LogP contribution in [0.25, 0.3) is 22.3 Å². The highest BCUT2D eigenvalue weighted by Gasteiger charge is 2.20. The Balaban J connectivity index is 1.55. The summed E-state index contributed by atoms with van der Waals surface area (Å²) in [5, 5.41) is 3.76. The maximum absolute atomic E-state index is 3.76. The van der Waals surface area contributed by atoms with E-state index in [2.05, 4.69) is 128 Å². The summed E-state index contributed by atoms with van der Waals surface area (Å²) in [6, 6.07) is 28.9. The van der Waals surface area contributed by atoms with Gasteiger partial charge in [-0.25, -0.2) is 0 Å². The molecule has 166 valence electrons. The predicted octanol–water partition coefficient (Wildman–Crippen LogP) is 9.68. The van der Waals surface area contributed by atoms with Gasteiger partial charge in [0.25, 0.3) is 0 Å². The normalized spacial score (nSPS) is 12.2. The van der Waals surface area contributed by atoms with Crippen LogP contribution in [-0.2, 0) is 6.42 Å². The van der Waals surface area contributed by atoms with Crippen LogP contribution in [0.1, 0.15) is 61.8 Å². The highest BCUT2D eigenvalue weighted by atomic mass is 79.9. The second kappa shape index (κ2) is 8.83. The van der Waals surface area contributed by atoms with Crippen molar-refractivity contribution in [1.29, 1.82) is 0 Å². The molecule has 0 radical (unpaired) electrons. The minimum Gasteiger partial charge on any atom is -0.355 e. The Kier molecular flexibility index (Phi) is 5.88. The molecule has 0 saturated heterocycles. The third kappa shape index (κ3) is 4.13. The van der Waals surface area contributed by atoms with Gasteiger partial charge in [0.05, 0.1) is 0 Å². The van der Waals surface area contributed by atoms with Gasteiger partial charge in [0.2, 0.25) is 0 Å². The van der Waals surface area contributed by atoms with Crippen molar-refractivity contribution >= 4 is 27.3 Å². The molecule has 0 fully saturated rings. The van der Waals surface area contributed by atoms with E-state index in [-0.39, 0.29) is 0 Å². The Morgan fingerprint density at radius 1 is 0.667 bits per heavy atom. The lowest BCUT2D eigenvalue weighted by atomic mass is 9.84. The number of anilines is 2. The average molecular weight is 496 g/mol. The average Bonchev–Trinajstić information content (AvgIpc) is 3.15. The lowest BCUT2D eigenvalue weighted by molar-refractivity contribution is 0.838. The van der Waals surface area contributed by atoms with Crippen LogP contribution in [0.2, 0.25) is 0 Å². The molecule has 1 N–H and O–H groups in total. The fourth-order valence-corrected chi connectivity index (χ4v) is 5.49. The topological polar surface area (TPSA) is 12.0 Å². The van der Waals surface area contributed by atoms with Crippen LogP contribution >= 0.6 is 15.9 Å². The van der Waals surface area contributed by atoms with Crippen LogP contribution in [0.15, 0.2) is 83.3 Å². The molecule has 4 aromatic carbocycles.